The van der Waals surface area contributed by atoms with Crippen LogP contribution in [0, 0.1) is 0 Å². The predicted octanol–water partition coefficient (Wildman–Crippen LogP) is 1.97. The van der Waals surface area contributed by atoms with Crippen LogP contribution in [0.15, 0.2) is 24.3 Å². The molecule has 0 heterocycles. The van der Waals surface area contributed by atoms with Crippen molar-refractivity contribution in [3.63, 3.8) is 0 Å². The SMILES string of the molecule is C/C=C/C=C/C(=O)NCCCCCC(=O)OC. The number of unbranched alkanes of at least 4 members (excludes halogenated alkanes) is 2. The van der Waals surface area contributed by atoms with Crippen LogP contribution in [0.4, 0.5) is 0 Å². The molecular weight excluding hydrogens is 218 g/mol. The molecule has 0 fully saturated rings. The van der Waals surface area contributed by atoms with Gasteiger partial charge in [-0.05, 0) is 19.8 Å². The van der Waals surface area contributed by atoms with E-state index in [1.807, 2.05) is 13.0 Å². The van der Waals surface area contributed by atoms with Crippen molar-refractivity contribution in [1.82, 2.24) is 5.32 Å². The number of hydrogen-bond donors (Lipinski definition) is 1. The Morgan fingerprint density at radius 1 is 1.18 bits per heavy atom. The molecular formula is C13H21NO3. The Labute approximate surface area is 103 Å². The summed E-state index contributed by atoms with van der Waals surface area (Å²) in [7, 11) is 1.39. The van der Waals surface area contributed by atoms with Gasteiger partial charge in [-0.2, -0.15) is 0 Å². The summed E-state index contributed by atoms with van der Waals surface area (Å²) in [4.78, 5) is 22.0. The quantitative estimate of drug-likeness (QED) is 0.305. The molecule has 0 aliphatic heterocycles. The van der Waals surface area contributed by atoms with E-state index in [0.717, 1.165) is 19.3 Å². The van der Waals surface area contributed by atoms with Crippen LogP contribution in [0.5, 0.6) is 0 Å². The zero-order chi connectivity index (χ0) is 12.9. The maximum Gasteiger partial charge on any atom is 0.305 e. The molecule has 0 aromatic carbocycles. The van der Waals surface area contributed by atoms with Crippen LogP contribution in [-0.2, 0) is 14.3 Å². The number of carbonyl (C=O) groups excluding carboxylic acids is 2. The molecule has 0 aromatic heterocycles. The van der Waals surface area contributed by atoms with Crippen molar-refractivity contribution in [3.8, 4) is 0 Å². The molecule has 0 saturated carbocycles. The Hall–Kier alpha value is -1.58. The van der Waals surface area contributed by atoms with E-state index < -0.39 is 0 Å². The third kappa shape index (κ3) is 10.7. The summed E-state index contributed by atoms with van der Waals surface area (Å²) in [5, 5.41) is 2.77. The van der Waals surface area contributed by atoms with E-state index in [-0.39, 0.29) is 11.9 Å². The lowest BCUT2D eigenvalue weighted by molar-refractivity contribution is -0.140. The zero-order valence-corrected chi connectivity index (χ0v) is 10.6. The second kappa shape index (κ2) is 10.9. The fraction of sp³-hybridized carbons (Fsp3) is 0.538. The number of carbonyl (C=O) groups is 2. The largest absolute Gasteiger partial charge is 0.469 e. The summed E-state index contributed by atoms with van der Waals surface area (Å²) in [5.41, 5.74) is 0. The van der Waals surface area contributed by atoms with Gasteiger partial charge >= 0.3 is 5.97 Å². The second-order valence-electron chi connectivity index (χ2n) is 3.56. The average molecular weight is 239 g/mol. The lowest BCUT2D eigenvalue weighted by Crippen LogP contribution is -2.22. The van der Waals surface area contributed by atoms with E-state index in [1.165, 1.54) is 13.2 Å². The number of methoxy groups -OCH3 is 1. The molecule has 0 unspecified atom stereocenters. The van der Waals surface area contributed by atoms with Gasteiger partial charge in [0.2, 0.25) is 5.91 Å². The Kier molecular flexibility index (Phi) is 9.91. The Morgan fingerprint density at radius 2 is 1.94 bits per heavy atom. The first-order chi connectivity index (χ1) is 8.20. The zero-order valence-electron chi connectivity index (χ0n) is 10.6. The summed E-state index contributed by atoms with van der Waals surface area (Å²) in [5.74, 6) is -0.264. The molecule has 0 rings (SSSR count). The maximum atomic E-state index is 11.2. The molecule has 0 aliphatic carbocycles. The first-order valence-electron chi connectivity index (χ1n) is 5.84. The third-order valence-corrected chi connectivity index (χ3v) is 2.14. The minimum absolute atomic E-state index is 0.0870. The summed E-state index contributed by atoms with van der Waals surface area (Å²) in [6.45, 7) is 2.53. The van der Waals surface area contributed by atoms with Gasteiger partial charge in [0.25, 0.3) is 0 Å². The second-order valence-corrected chi connectivity index (χ2v) is 3.56. The first-order valence-corrected chi connectivity index (χ1v) is 5.84. The minimum atomic E-state index is -0.177. The average Bonchev–Trinajstić information content (AvgIpc) is 2.33. The summed E-state index contributed by atoms with van der Waals surface area (Å²) in [6.07, 6.45) is 9.89. The van der Waals surface area contributed by atoms with Gasteiger partial charge < -0.3 is 10.1 Å². The van der Waals surface area contributed by atoms with E-state index in [1.54, 1.807) is 12.2 Å². The summed E-state index contributed by atoms with van der Waals surface area (Å²) < 4.78 is 4.53. The molecule has 17 heavy (non-hydrogen) atoms. The van der Waals surface area contributed by atoms with Crippen molar-refractivity contribution in [2.75, 3.05) is 13.7 Å². The van der Waals surface area contributed by atoms with Crippen LogP contribution < -0.4 is 5.32 Å². The van der Waals surface area contributed by atoms with Crippen LogP contribution in [0.25, 0.3) is 0 Å². The monoisotopic (exact) mass is 239 g/mol. The molecule has 0 aromatic rings. The fourth-order valence-electron chi connectivity index (χ4n) is 1.20. The molecule has 1 N–H and O–H groups in total. The normalized spacial score (nSPS) is 10.9. The highest BCUT2D eigenvalue weighted by molar-refractivity contribution is 5.87. The molecule has 1 amide bonds. The summed E-state index contributed by atoms with van der Waals surface area (Å²) in [6, 6.07) is 0. The molecule has 0 atom stereocenters. The number of hydrogen-bond acceptors (Lipinski definition) is 3. The van der Waals surface area contributed by atoms with Crippen molar-refractivity contribution >= 4 is 11.9 Å². The number of ether oxygens (including phenoxy) is 1. The smallest absolute Gasteiger partial charge is 0.305 e. The maximum absolute atomic E-state index is 11.2. The number of amides is 1. The van der Waals surface area contributed by atoms with Gasteiger partial charge in [0.15, 0.2) is 0 Å². The molecule has 4 heteroatoms. The van der Waals surface area contributed by atoms with E-state index >= 15 is 0 Å². The van der Waals surface area contributed by atoms with Gasteiger partial charge in [-0.3, -0.25) is 9.59 Å². The standard InChI is InChI=1S/C13H21NO3/c1-3-4-6-9-12(15)14-11-8-5-7-10-13(16)17-2/h3-4,6,9H,5,7-8,10-11H2,1-2H3,(H,14,15)/b4-3+,9-6+. The molecule has 4 nitrogen and oxygen atoms in total. The van der Waals surface area contributed by atoms with Crippen molar-refractivity contribution in [2.45, 2.75) is 32.6 Å². The van der Waals surface area contributed by atoms with Gasteiger partial charge in [0.05, 0.1) is 7.11 Å². The van der Waals surface area contributed by atoms with Crippen LogP contribution in [0.3, 0.4) is 0 Å². The van der Waals surface area contributed by atoms with E-state index in [2.05, 4.69) is 10.1 Å². The van der Waals surface area contributed by atoms with E-state index in [4.69, 9.17) is 0 Å². The first kappa shape index (κ1) is 15.4. The lowest BCUT2D eigenvalue weighted by atomic mass is 10.2. The molecule has 0 spiro atoms. The Balaban J connectivity index is 3.39. The Bertz CT molecular complexity index is 282. The lowest BCUT2D eigenvalue weighted by Gasteiger charge is -2.02. The van der Waals surface area contributed by atoms with Gasteiger partial charge in [-0.15, -0.1) is 0 Å². The van der Waals surface area contributed by atoms with E-state index in [0.29, 0.717) is 13.0 Å². The van der Waals surface area contributed by atoms with Gasteiger partial charge in [0.1, 0.15) is 0 Å². The van der Waals surface area contributed by atoms with Crippen molar-refractivity contribution in [1.29, 1.82) is 0 Å². The van der Waals surface area contributed by atoms with Crippen LogP contribution in [0.1, 0.15) is 32.6 Å². The van der Waals surface area contributed by atoms with Crippen LogP contribution in [-0.4, -0.2) is 25.5 Å². The van der Waals surface area contributed by atoms with Gasteiger partial charge in [-0.1, -0.05) is 24.6 Å². The summed E-state index contributed by atoms with van der Waals surface area (Å²) >= 11 is 0. The highest BCUT2D eigenvalue weighted by Crippen LogP contribution is 1.99. The van der Waals surface area contributed by atoms with Crippen LogP contribution >= 0.6 is 0 Å². The molecule has 0 radical (unpaired) electrons. The molecule has 0 bridgehead atoms. The van der Waals surface area contributed by atoms with Gasteiger partial charge in [-0.25, -0.2) is 0 Å². The number of rotatable bonds is 8. The van der Waals surface area contributed by atoms with Crippen molar-refractivity contribution in [2.24, 2.45) is 0 Å². The highest BCUT2D eigenvalue weighted by atomic mass is 16.5. The number of nitrogens with one attached hydrogen (secondary N) is 1. The fourth-order valence-corrected chi connectivity index (χ4v) is 1.20. The molecule has 0 aliphatic rings. The molecule has 0 saturated heterocycles. The third-order valence-electron chi connectivity index (χ3n) is 2.14. The van der Waals surface area contributed by atoms with E-state index in [9.17, 15) is 9.59 Å². The highest BCUT2D eigenvalue weighted by Gasteiger charge is 1.99. The minimum Gasteiger partial charge on any atom is -0.469 e. The topological polar surface area (TPSA) is 55.4 Å². The van der Waals surface area contributed by atoms with Crippen LogP contribution in [0.2, 0.25) is 0 Å². The number of esters is 1. The van der Waals surface area contributed by atoms with Crippen molar-refractivity contribution < 1.29 is 14.3 Å². The van der Waals surface area contributed by atoms with Crippen molar-refractivity contribution in [3.05, 3.63) is 24.3 Å². The molecule has 96 valence electrons. The number of allylic oxidation sites excluding steroid dienone is 3. The van der Waals surface area contributed by atoms with Gasteiger partial charge in [0, 0.05) is 19.0 Å². The Morgan fingerprint density at radius 3 is 2.59 bits per heavy atom. The predicted molar refractivity (Wildman–Crippen MR) is 67.4 cm³/mol.